The quantitative estimate of drug-likeness (QED) is 0.166. The number of aromatic hydroxyl groups is 1. The number of hydrogen-bond acceptors (Lipinski definition) is 8. The van der Waals surface area contributed by atoms with Crippen molar-refractivity contribution in [1.29, 1.82) is 0 Å². The Kier molecular flexibility index (Phi) is 7.01. The summed E-state index contributed by atoms with van der Waals surface area (Å²) in [5, 5.41) is 21.9. The number of amides is 1. The van der Waals surface area contributed by atoms with Gasteiger partial charge in [-0.1, -0.05) is 30.4 Å². The number of aryl methyl sites for hydroxylation is 2. The Labute approximate surface area is 229 Å². The first-order valence-electron chi connectivity index (χ1n) is 12.5. The lowest BCUT2D eigenvalue weighted by Crippen LogP contribution is -2.29. The van der Waals surface area contributed by atoms with Crippen LogP contribution in [0.25, 0.3) is 16.0 Å². The summed E-state index contributed by atoms with van der Waals surface area (Å²) in [6, 6.07) is 14.3. The third-order valence-electron chi connectivity index (χ3n) is 6.59. The normalized spacial score (nSPS) is 16.7. The molecule has 1 aliphatic rings. The van der Waals surface area contributed by atoms with Crippen LogP contribution in [0.3, 0.4) is 0 Å². The van der Waals surface area contributed by atoms with Gasteiger partial charge in [0.1, 0.15) is 11.5 Å². The molecule has 0 spiro atoms. The second-order valence-electron chi connectivity index (χ2n) is 9.40. The number of carbonyl (C=O) groups is 2. The molecular formula is C30H28N2O6S. The van der Waals surface area contributed by atoms with E-state index in [9.17, 15) is 19.8 Å². The molecule has 4 aromatic rings. The summed E-state index contributed by atoms with van der Waals surface area (Å²) < 4.78 is 11.8. The largest absolute Gasteiger partial charge is 0.507 e. The van der Waals surface area contributed by atoms with E-state index in [1.54, 1.807) is 36.4 Å². The predicted molar refractivity (Wildman–Crippen MR) is 151 cm³/mol. The van der Waals surface area contributed by atoms with Gasteiger partial charge >= 0.3 is 5.91 Å². The third kappa shape index (κ3) is 4.70. The van der Waals surface area contributed by atoms with E-state index in [-0.39, 0.29) is 22.8 Å². The first kappa shape index (κ1) is 26.2. The summed E-state index contributed by atoms with van der Waals surface area (Å²) in [6.07, 6.45) is 0.853. The highest BCUT2D eigenvalue weighted by molar-refractivity contribution is 7.22. The Morgan fingerprint density at radius 2 is 1.82 bits per heavy atom. The maximum atomic E-state index is 13.6. The molecular weight excluding hydrogens is 516 g/mol. The SMILES string of the molecule is CCCOc1ccc(/C(O)=C2\C(=O)C(=O)N(c3nc4c(C)cc(C)cc4s3)C2c2ccc(O)c(OC)c2)cc1. The van der Waals surface area contributed by atoms with Crippen LogP contribution >= 0.6 is 11.3 Å². The Hall–Kier alpha value is -4.37. The molecule has 2 N–H and O–H groups in total. The minimum absolute atomic E-state index is 0.0814. The number of anilines is 1. The lowest BCUT2D eigenvalue weighted by molar-refractivity contribution is -0.132. The van der Waals surface area contributed by atoms with E-state index in [2.05, 4.69) is 0 Å². The van der Waals surface area contributed by atoms with Gasteiger partial charge in [0.2, 0.25) is 0 Å². The molecule has 0 saturated carbocycles. The van der Waals surface area contributed by atoms with Crippen LogP contribution in [0.2, 0.25) is 0 Å². The summed E-state index contributed by atoms with van der Waals surface area (Å²) in [5.74, 6) is -1.23. The fourth-order valence-corrected chi connectivity index (χ4v) is 5.92. The molecule has 39 heavy (non-hydrogen) atoms. The zero-order valence-corrected chi connectivity index (χ0v) is 22.8. The van der Waals surface area contributed by atoms with E-state index >= 15 is 0 Å². The molecule has 1 amide bonds. The summed E-state index contributed by atoms with van der Waals surface area (Å²) in [5.41, 5.74) is 3.51. The van der Waals surface area contributed by atoms with Crippen molar-refractivity contribution in [2.24, 2.45) is 0 Å². The molecule has 200 valence electrons. The standard InChI is InChI=1S/C30H28N2O6S/c1-5-12-38-20-9-6-18(7-10-20)27(34)24-26(19-8-11-21(33)22(15-19)37-4)32(29(36)28(24)35)30-31-25-17(3)13-16(2)14-23(25)39-30/h6-11,13-15,26,33-34H,5,12H2,1-4H3/b27-24+. The number of Topliss-reactive ketones (excluding diaryl/α,β-unsaturated/α-hetero) is 1. The van der Waals surface area contributed by atoms with Crippen LogP contribution in [-0.4, -0.2) is 40.6 Å². The number of rotatable bonds is 7. The highest BCUT2D eigenvalue weighted by Gasteiger charge is 2.48. The van der Waals surface area contributed by atoms with E-state index in [1.807, 2.05) is 32.9 Å². The van der Waals surface area contributed by atoms with E-state index in [1.165, 1.54) is 29.4 Å². The number of hydrogen-bond donors (Lipinski definition) is 2. The van der Waals surface area contributed by atoms with Gasteiger partial charge in [0.25, 0.3) is 5.78 Å². The molecule has 2 heterocycles. The van der Waals surface area contributed by atoms with Crippen LogP contribution < -0.4 is 14.4 Å². The Balaban J connectivity index is 1.69. The Morgan fingerprint density at radius 3 is 2.51 bits per heavy atom. The summed E-state index contributed by atoms with van der Waals surface area (Å²) in [7, 11) is 1.41. The molecule has 0 radical (unpaired) electrons. The molecule has 1 fully saturated rings. The number of ketones is 1. The highest BCUT2D eigenvalue weighted by Crippen LogP contribution is 2.46. The van der Waals surface area contributed by atoms with Crippen molar-refractivity contribution in [2.75, 3.05) is 18.6 Å². The van der Waals surface area contributed by atoms with Crippen LogP contribution in [0.4, 0.5) is 5.13 Å². The Morgan fingerprint density at radius 1 is 1.08 bits per heavy atom. The number of thiazole rings is 1. The van der Waals surface area contributed by atoms with Gasteiger partial charge in [0.15, 0.2) is 16.6 Å². The van der Waals surface area contributed by atoms with Gasteiger partial charge in [-0.2, -0.15) is 0 Å². The predicted octanol–water partition coefficient (Wildman–Crippen LogP) is 6.04. The van der Waals surface area contributed by atoms with Gasteiger partial charge in [-0.25, -0.2) is 4.98 Å². The average molecular weight is 545 g/mol. The van der Waals surface area contributed by atoms with Gasteiger partial charge in [-0.15, -0.1) is 0 Å². The third-order valence-corrected chi connectivity index (χ3v) is 7.59. The van der Waals surface area contributed by atoms with Crippen molar-refractivity contribution in [3.63, 3.8) is 0 Å². The number of phenols is 1. The number of aromatic nitrogens is 1. The number of aliphatic hydroxyl groups excluding tert-OH is 1. The van der Waals surface area contributed by atoms with Gasteiger partial charge in [0.05, 0.1) is 35.5 Å². The van der Waals surface area contributed by atoms with Crippen molar-refractivity contribution in [1.82, 2.24) is 4.98 Å². The van der Waals surface area contributed by atoms with Gasteiger partial charge in [-0.05, 0) is 79.4 Å². The molecule has 1 saturated heterocycles. The maximum absolute atomic E-state index is 13.6. The van der Waals surface area contributed by atoms with Crippen LogP contribution in [0.5, 0.6) is 17.2 Å². The zero-order chi connectivity index (χ0) is 27.8. The highest BCUT2D eigenvalue weighted by atomic mass is 32.1. The van der Waals surface area contributed by atoms with Gasteiger partial charge < -0.3 is 19.7 Å². The first-order valence-corrected chi connectivity index (χ1v) is 13.3. The molecule has 8 nitrogen and oxygen atoms in total. The van der Waals surface area contributed by atoms with Crippen LogP contribution in [0, 0.1) is 13.8 Å². The lowest BCUT2D eigenvalue weighted by Gasteiger charge is -2.23. The number of aliphatic hydroxyl groups is 1. The number of phenolic OH excluding ortho intramolecular Hbond substituents is 1. The zero-order valence-electron chi connectivity index (χ0n) is 22.0. The summed E-state index contributed by atoms with van der Waals surface area (Å²) in [6.45, 7) is 6.49. The summed E-state index contributed by atoms with van der Waals surface area (Å²) >= 11 is 1.30. The second-order valence-corrected chi connectivity index (χ2v) is 10.4. The topological polar surface area (TPSA) is 109 Å². The number of methoxy groups -OCH3 is 1. The number of ether oxygens (including phenoxy) is 2. The van der Waals surface area contributed by atoms with Crippen LogP contribution in [-0.2, 0) is 9.59 Å². The van der Waals surface area contributed by atoms with E-state index < -0.39 is 17.7 Å². The number of carbonyl (C=O) groups excluding carboxylic acids is 2. The molecule has 1 atom stereocenters. The maximum Gasteiger partial charge on any atom is 0.301 e. The fourth-order valence-electron chi connectivity index (χ4n) is 4.76. The number of nitrogens with zero attached hydrogens (tertiary/aromatic N) is 2. The Bertz CT molecular complexity index is 1620. The van der Waals surface area contributed by atoms with Crippen molar-refractivity contribution in [3.05, 3.63) is 82.4 Å². The van der Waals surface area contributed by atoms with Crippen molar-refractivity contribution >= 4 is 44.1 Å². The summed E-state index contributed by atoms with van der Waals surface area (Å²) in [4.78, 5) is 33.1. The molecule has 0 bridgehead atoms. The van der Waals surface area contributed by atoms with E-state index in [0.717, 1.165) is 27.8 Å². The molecule has 5 rings (SSSR count). The second kappa shape index (κ2) is 10.4. The van der Waals surface area contributed by atoms with Crippen LogP contribution in [0.1, 0.15) is 41.6 Å². The minimum atomic E-state index is -1.00. The van der Waals surface area contributed by atoms with Crippen molar-refractivity contribution < 1.29 is 29.3 Å². The fraction of sp³-hybridized carbons (Fsp3) is 0.233. The smallest absolute Gasteiger partial charge is 0.301 e. The van der Waals surface area contributed by atoms with E-state index in [4.69, 9.17) is 14.5 Å². The van der Waals surface area contributed by atoms with Crippen molar-refractivity contribution in [2.45, 2.75) is 33.2 Å². The molecule has 3 aromatic carbocycles. The van der Waals surface area contributed by atoms with Crippen LogP contribution in [0.15, 0.2) is 60.2 Å². The molecule has 9 heteroatoms. The van der Waals surface area contributed by atoms with Gasteiger partial charge in [0, 0.05) is 5.56 Å². The molecule has 1 unspecified atom stereocenters. The monoisotopic (exact) mass is 544 g/mol. The van der Waals surface area contributed by atoms with Gasteiger partial charge in [-0.3, -0.25) is 14.5 Å². The molecule has 0 aliphatic carbocycles. The first-order chi connectivity index (χ1) is 18.7. The van der Waals surface area contributed by atoms with Crippen molar-refractivity contribution in [3.8, 4) is 17.2 Å². The molecule has 1 aromatic heterocycles. The molecule has 1 aliphatic heterocycles. The van der Waals surface area contributed by atoms with E-state index in [0.29, 0.717) is 28.6 Å². The average Bonchev–Trinajstić information content (AvgIpc) is 3.46. The number of fused-ring (bicyclic) bond motifs is 1. The number of benzene rings is 3. The minimum Gasteiger partial charge on any atom is -0.507 e. The lowest BCUT2D eigenvalue weighted by atomic mass is 9.95.